The molecular formula is C17H24N2O4. The van der Waals surface area contributed by atoms with Crippen molar-refractivity contribution in [1.29, 1.82) is 0 Å². The Labute approximate surface area is 136 Å². The normalized spacial score (nSPS) is 12.9. The Morgan fingerprint density at radius 2 is 1.78 bits per heavy atom. The van der Waals surface area contributed by atoms with E-state index in [4.69, 9.17) is 4.74 Å². The summed E-state index contributed by atoms with van der Waals surface area (Å²) in [6.45, 7) is 5.45. The second kappa shape index (κ2) is 8.31. The van der Waals surface area contributed by atoms with E-state index in [1.54, 1.807) is 31.2 Å². The van der Waals surface area contributed by atoms with Gasteiger partial charge in [0.05, 0.1) is 7.11 Å². The molecule has 0 heterocycles. The minimum Gasteiger partial charge on any atom is -0.467 e. The predicted octanol–water partition coefficient (Wildman–Crippen LogP) is 1.78. The second-order valence-electron chi connectivity index (χ2n) is 5.63. The minimum atomic E-state index is -1.05. The fraction of sp³-hybridized carbons (Fsp3) is 0.471. The van der Waals surface area contributed by atoms with Crippen LogP contribution in [0, 0.1) is 0 Å². The van der Waals surface area contributed by atoms with Crippen LogP contribution in [0.15, 0.2) is 24.3 Å². The fourth-order valence-corrected chi connectivity index (χ4v) is 2.26. The van der Waals surface area contributed by atoms with Crippen molar-refractivity contribution in [2.75, 3.05) is 7.11 Å². The largest absolute Gasteiger partial charge is 0.467 e. The molecule has 0 bridgehead atoms. The number of amides is 2. The summed E-state index contributed by atoms with van der Waals surface area (Å²) in [4.78, 5) is 35.1. The van der Waals surface area contributed by atoms with Crippen molar-refractivity contribution in [3.05, 3.63) is 35.4 Å². The zero-order valence-electron chi connectivity index (χ0n) is 14.1. The van der Waals surface area contributed by atoms with Crippen LogP contribution in [0.5, 0.6) is 0 Å². The number of carbonyl (C=O) groups excluding carboxylic acids is 3. The van der Waals surface area contributed by atoms with Gasteiger partial charge in [0.15, 0.2) is 0 Å². The first kappa shape index (κ1) is 18.7. The Hall–Kier alpha value is -2.37. The standard InChI is InChI=1S/C17H24N2O4/c1-5-10-17(3,16(22)23-4)19-15(21)14-8-6-13(7-9-14)11-18-12(2)20/h6-9H,5,10-11H2,1-4H3,(H,18,20)(H,19,21). The van der Waals surface area contributed by atoms with E-state index in [9.17, 15) is 14.4 Å². The van der Waals surface area contributed by atoms with E-state index in [-0.39, 0.29) is 11.8 Å². The lowest BCUT2D eigenvalue weighted by Crippen LogP contribution is -2.52. The Morgan fingerprint density at radius 1 is 1.17 bits per heavy atom. The molecule has 0 radical (unpaired) electrons. The van der Waals surface area contributed by atoms with E-state index >= 15 is 0 Å². The van der Waals surface area contributed by atoms with E-state index in [1.165, 1.54) is 14.0 Å². The Balaban J connectivity index is 2.80. The average Bonchev–Trinajstić information content (AvgIpc) is 2.52. The maximum Gasteiger partial charge on any atom is 0.331 e. The van der Waals surface area contributed by atoms with Gasteiger partial charge in [-0.1, -0.05) is 25.5 Å². The summed E-state index contributed by atoms with van der Waals surface area (Å²) in [7, 11) is 1.30. The summed E-state index contributed by atoms with van der Waals surface area (Å²) >= 11 is 0. The van der Waals surface area contributed by atoms with Crippen LogP contribution in [0.1, 0.15) is 49.5 Å². The zero-order chi connectivity index (χ0) is 17.5. The lowest BCUT2D eigenvalue weighted by Gasteiger charge is -2.27. The molecule has 0 aromatic heterocycles. The quantitative estimate of drug-likeness (QED) is 0.750. The molecule has 126 valence electrons. The first-order chi connectivity index (χ1) is 10.8. The number of hydrogen-bond donors (Lipinski definition) is 2. The molecule has 0 aliphatic carbocycles. The maximum atomic E-state index is 12.3. The molecule has 0 fully saturated rings. The number of carbonyl (C=O) groups is 3. The Morgan fingerprint density at radius 3 is 2.26 bits per heavy atom. The SMILES string of the molecule is CCCC(C)(NC(=O)c1ccc(CNC(C)=O)cc1)C(=O)OC. The lowest BCUT2D eigenvalue weighted by molar-refractivity contribution is -0.147. The summed E-state index contributed by atoms with van der Waals surface area (Å²) < 4.78 is 4.78. The third-order valence-corrected chi connectivity index (χ3v) is 3.53. The molecule has 1 unspecified atom stereocenters. The molecule has 1 aromatic rings. The van der Waals surface area contributed by atoms with Gasteiger partial charge in [-0.25, -0.2) is 4.79 Å². The highest BCUT2D eigenvalue weighted by Gasteiger charge is 2.35. The van der Waals surface area contributed by atoms with Crippen LogP contribution >= 0.6 is 0 Å². The van der Waals surface area contributed by atoms with Gasteiger partial charge in [0, 0.05) is 19.0 Å². The van der Waals surface area contributed by atoms with Crippen molar-refractivity contribution in [1.82, 2.24) is 10.6 Å². The summed E-state index contributed by atoms with van der Waals surface area (Å²) in [6.07, 6.45) is 1.23. The van der Waals surface area contributed by atoms with Gasteiger partial charge in [-0.15, -0.1) is 0 Å². The van der Waals surface area contributed by atoms with Crippen molar-refractivity contribution < 1.29 is 19.1 Å². The van der Waals surface area contributed by atoms with E-state index in [2.05, 4.69) is 10.6 Å². The number of ether oxygens (including phenoxy) is 1. The molecular weight excluding hydrogens is 296 g/mol. The zero-order valence-corrected chi connectivity index (χ0v) is 14.1. The van der Waals surface area contributed by atoms with Gasteiger partial charge < -0.3 is 15.4 Å². The number of esters is 1. The Kier molecular flexibility index (Phi) is 6.75. The lowest BCUT2D eigenvalue weighted by atomic mass is 9.95. The highest BCUT2D eigenvalue weighted by molar-refractivity contribution is 5.98. The van der Waals surface area contributed by atoms with Crippen molar-refractivity contribution in [2.45, 2.75) is 45.7 Å². The molecule has 0 aliphatic heterocycles. The smallest absolute Gasteiger partial charge is 0.331 e. The van der Waals surface area contributed by atoms with Crippen molar-refractivity contribution >= 4 is 17.8 Å². The third kappa shape index (κ3) is 5.39. The summed E-state index contributed by atoms with van der Waals surface area (Å²) in [5, 5.41) is 5.44. The first-order valence-corrected chi connectivity index (χ1v) is 7.56. The number of nitrogens with one attached hydrogen (secondary N) is 2. The number of rotatable bonds is 7. The average molecular weight is 320 g/mol. The van der Waals surface area contributed by atoms with Gasteiger partial charge in [0.2, 0.25) is 5.91 Å². The van der Waals surface area contributed by atoms with Gasteiger partial charge in [-0.2, -0.15) is 0 Å². The maximum absolute atomic E-state index is 12.3. The molecule has 23 heavy (non-hydrogen) atoms. The van der Waals surface area contributed by atoms with Crippen LogP contribution in [0.2, 0.25) is 0 Å². The fourth-order valence-electron chi connectivity index (χ4n) is 2.26. The summed E-state index contributed by atoms with van der Waals surface area (Å²) in [5.74, 6) is -0.910. The molecule has 2 amide bonds. The number of hydrogen-bond acceptors (Lipinski definition) is 4. The molecule has 0 spiro atoms. The van der Waals surface area contributed by atoms with Crippen LogP contribution in [0.25, 0.3) is 0 Å². The van der Waals surface area contributed by atoms with Gasteiger partial charge in [-0.05, 0) is 31.0 Å². The van der Waals surface area contributed by atoms with Crippen LogP contribution < -0.4 is 10.6 Å². The molecule has 1 aromatic carbocycles. The first-order valence-electron chi connectivity index (χ1n) is 7.56. The van der Waals surface area contributed by atoms with Crippen LogP contribution in [-0.2, 0) is 20.9 Å². The minimum absolute atomic E-state index is 0.111. The van der Waals surface area contributed by atoms with Gasteiger partial charge in [0.1, 0.15) is 5.54 Å². The van der Waals surface area contributed by atoms with Crippen molar-refractivity contribution in [3.63, 3.8) is 0 Å². The van der Waals surface area contributed by atoms with E-state index < -0.39 is 11.5 Å². The summed E-state index contributed by atoms with van der Waals surface area (Å²) in [5.41, 5.74) is 0.291. The van der Waals surface area contributed by atoms with Crippen molar-refractivity contribution in [2.24, 2.45) is 0 Å². The number of benzene rings is 1. The highest BCUT2D eigenvalue weighted by Crippen LogP contribution is 2.16. The van der Waals surface area contributed by atoms with E-state index in [1.807, 2.05) is 6.92 Å². The summed E-state index contributed by atoms with van der Waals surface area (Å²) in [6, 6.07) is 6.85. The molecule has 2 N–H and O–H groups in total. The molecule has 0 saturated carbocycles. The monoisotopic (exact) mass is 320 g/mol. The van der Waals surface area contributed by atoms with Crippen LogP contribution in [-0.4, -0.2) is 30.4 Å². The Bertz CT molecular complexity index is 568. The molecule has 6 heteroatoms. The molecule has 0 aliphatic rings. The molecule has 1 rings (SSSR count). The van der Waals surface area contributed by atoms with Gasteiger partial charge >= 0.3 is 5.97 Å². The van der Waals surface area contributed by atoms with E-state index in [0.717, 1.165) is 12.0 Å². The second-order valence-corrected chi connectivity index (χ2v) is 5.63. The topological polar surface area (TPSA) is 84.5 Å². The third-order valence-electron chi connectivity index (χ3n) is 3.53. The molecule has 1 atom stereocenters. The van der Waals surface area contributed by atoms with Crippen LogP contribution in [0.3, 0.4) is 0 Å². The highest BCUT2D eigenvalue weighted by atomic mass is 16.5. The predicted molar refractivity (Wildman–Crippen MR) is 86.8 cm³/mol. The van der Waals surface area contributed by atoms with Crippen LogP contribution in [0.4, 0.5) is 0 Å². The van der Waals surface area contributed by atoms with Gasteiger partial charge in [-0.3, -0.25) is 9.59 Å². The molecule has 0 saturated heterocycles. The molecule has 6 nitrogen and oxygen atoms in total. The van der Waals surface area contributed by atoms with E-state index in [0.29, 0.717) is 18.5 Å². The number of methoxy groups -OCH3 is 1. The van der Waals surface area contributed by atoms with Crippen molar-refractivity contribution in [3.8, 4) is 0 Å². The van der Waals surface area contributed by atoms with Gasteiger partial charge in [0.25, 0.3) is 5.91 Å².